The fourth-order valence-corrected chi connectivity index (χ4v) is 5.09. The molecule has 2 aromatic heterocycles. The Morgan fingerprint density at radius 1 is 1.13 bits per heavy atom. The van der Waals surface area contributed by atoms with Crippen molar-refractivity contribution in [1.29, 1.82) is 0 Å². The predicted octanol–water partition coefficient (Wildman–Crippen LogP) is 4.95. The van der Waals surface area contributed by atoms with Crippen molar-refractivity contribution in [1.82, 2.24) is 14.9 Å². The average molecular weight is 425 g/mol. The molecule has 6 nitrogen and oxygen atoms in total. The summed E-state index contributed by atoms with van der Waals surface area (Å²) in [5.74, 6) is 0.351. The molecule has 2 bridgehead atoms. The highest BCUT2D eigenvalue weighted by atomic mass is 32.1. The van der Waals surface area contributed by atoms with E-state index in [1.165, 1.54) is 23.5 Å². The molecule has 8 heteroatoms. The monoisotopic (exact) mass is 424 g/mol. The van der Waals surface area contributed by atoms with Crippen molar-refractivity contribution >= 4 is 22.5 Å². The van der Waals surface area contributed by atoms with Gasteiger partial charge in [-0.05, 0) is 43.2 Å². The number of nitrogens with zero attached hydrogens (tertiary/aromatic N) is 3. The Morgan fingerprint density at radius 3 is 2.60 bits per heavy atom. The molecule has 2 unspecified atom stereocenters. The second kappa shape index (κ2) is 8.02. The molecule has 0 saturated carbocycles. The summed E-state index contributed by atoms with van der Waals surface area (Å²) in [6, 6.07) is 12.0. The molecule has 4 heterocycles. The quantitative estimate of drug-likeness (QED) is 0.643. The SMILES string of the molecule is O=C(Nc1nc(-c2ccc(F)cc2)cs1)N1C2CCC1CC(Oc1ccccn1)C2. The van der Waals surface area contributed by atoms with Crippen LogP contribution in [0.1, 0.15) is 25.7 Å². The smallest absolute Gasteiger partial charge is 0.324 e. The Labute approximate surface area is 177 Å². The Hall–Kier alpha value is -3.00. The minimum Gasteiger partial charge on any atom is -0.474 e. The minimum absolute atomic E-state index is 0.0754. The zero-order valence-electron chi connectivity index (χ0n) is 16.2. The summed E-state index contributed by atoms with van der Waals surface area (Å²) >= 11 is 1.37. The lowest BCUT2D eigenvalue weighted by Gasteiger charge is -2.38. The molecule has 154 valence electrons. The van der Waals surface area contributed by atoms with Gasteiger partial charge in [-0.2, -0.15) is 0 Å². The van der Waals surface area contributed by atoms with Crippen LogP contribution >= 0.6 is 11.3 Å². The number of benzene rings is 1. The number of rotatable bonds is 4. The number of hydrogen-bond acceptors (Lipinski definition) is 5. The van der Waals surface area contributed by atoms with Gasteiger partial charge in [-0.15, -0.1) is 11.3 Å². The number of pyridine rings is 1. The van der Waals surface area contributed by atoms with E-state index in [-0.39, 0.29) is 30.0 Å². The van der Waals surface area contributed by atoms with E-state index < -0.39 is 0 Å². The maximum atomic E-state index is 13.1. The van der Waals surface area contributed by atoms with Gasteiger partial charge in [0.1, 0.15) is 11.9 Å². The molecule has 2 aliphatic rings. The van der Waals surface area contributed by atoms with E-state index in [9.17, 15) is 9.18 Å². The van der Waals surface area contributed by atoms with Gasteiger partial charge in [0.25, 0.3) is 0 Å². The zero-order valence-corrected chi connectivity index (χ0v) is 17.0. The van der Waals surface area contributed by atoms with Gasteiger partial charge >= 0.3 is 6.03 Å². The summed E-state index contributed by atoms with van der Waals surface area (Å²) < 4.78 is 19.2. The molecule has 1 N–H and O–H groups in total. The van der Waals surface area contributed by atoms with Crippen LogP contribution in [0.2, 0.25) is 0 Å². The fraction of sp³-hybridized carbons (Fsp3) is 0.318. The third kappa shape index (κ3) is 3.87. The van der Waals surface area contributed by atoms with Gasteiger partial charge in [0.05, 0.1) is 5.69 Å². The Morgan fingerprint density at radius 2 is 1.90 bits per heavy atom. The highest BCUT2D eigenvalue weighted by Crippen LogP contribution is 2.37. The zero-order chi connectivity index (χ0) is 20.5. The maximum Gasteiger partial charge on any atom is 0.324 e. The van der Waals surface area contributed by atoms with Crippen LogP contribution < -0.4 is 10.1 Å². The number of anilines is 1. The molecule has 0 spiro atoms. The largest absolute Gasteiger partial charge is 0.474 e. The van der Waals surface area contributed by atoms with Crippen LogP contribution in [-0.2, 0) is 0 Å². The number of carbonyl (C=O) groups is 1. The Balaban J connectivity index is 1.23. The van der Waals surface area contributed by atoms with Crippen LogP contribution in [0, 0.1) is 5.82 Å². The van der Waals surface area contributed by atoms with Gasteiger partial charge < -0.3 is 9.64 Å². The van der Waals surface area contributed by atoms with E-state index in [1.807, 2.05) is 28.5 Å². The molecule has 2 atom stereocenters. The van der Waals surface area contributed by atoms with E-state index in [4.69, 9.17) is 4.74 Å². The first kappa shape index (κ1) is 19.0. The number of carbonyl (C=O) groups excluding carboxylic acids is 1. The Bertz CT molecular complexity index is 1010. The molecule has 2 saturated heterocycles. The third-order valence-electron chi connectivity index (χ3n) is 5.71. The van der Waals surface area contributed by atoms with Gasteiger partial charge in [-0.1, -0.05) is 6.07 Å². The lowest BCUT2D eigenvalue weighted by atomic mass is 10.00. The van der Waals surface area contributed by atoms with Crippen molar-refractivity contribution in [2.75, 3.05) is 5.32 Å². The number of aromatic nitrogens is 2. The highest BCUT2D eigenvalue weighted by Gasteiger charge is 2.44. The number of halogens is 1. The summed E-state index contributed by atoms with van der Waals surface area (Å²) in [6.45, 7) is 0. The van der Waals surface area contributed by atoms with E-state index in [1.54, 1.807) is 18.3 Å². The predicted molar refractivity (Wildman–Crippen MR) is 113 cm³/mol. The summed E-state index contributed by atoms with van der Waals surface area (Å²) in [7, 11) is 0. The number of nitrogens with one attached hydrogen (secondary N) is 1. The number of ether oxygens (including phenoxy) is 1. The van der Waals surface area contributed by atoms with Gasteiger partial charge in [-0.3, -0.25) is 5.32 Å². The fourth-order valence-electron chi connectivity index (χ4n) is 4.38. The first-order chi connectivity index (χ1) is 14.7. The number of amides is 2. The molecule has 2 fully saturated rings. The average Bonchev–Trinajstić information content (AvgIpc) is 3.32. The van der Waals surface area contributed by atoms with Crippen LogP contribution in [0.15, 0.2) is 54.0 Å². The third-order valence-corrected chi connectivity index (χ3v) is 6.47. The molecule has 30 heavy (non-hydrogen) atoms. The van der Waals surface area contributed by atoms with E-state index in [0.717, 1.165) is 36.9 Å². The topological polar surface area (TPSA) is 67.4 Å². The molecular weight excluding hydrogens is 403 g/mol. The van der Waals surface area contributed by atoms with Gasteiger partial charge in [0.15, 0.2) is 5.13 Å². The first-order valence-corrected chi connectivity index (χ1v) is 10.9. The first-order valence-electron chi connectivity index (χ1n) is 10.0. The van der Waals surface area contributed by atoms with Crippen LogP contribution in [0.5, 0.6) is 5.88 Å². The maximum absolute atomic E-state index is 13.1. The van der Waals surface area contributed by atoms with Crippen LogP contribution in [0.4, 0.5) is 14.3 Å². The van der Waals surface area contributed by atoms with Crippen molar-refractivity contribution in [3.05, 3.63) is 59.9 Å². The van der Waals surface area contributed by atoms with Crippen molar-refractivity contribution in [2.45, 2.75) is 43.9 Å². The molecule has 0 aliphatic carbocycles. The lowest BCUT2D eigenvalue weighted by Crippen LogP contribution is -2.50. The molecule has 1 aromatic carbocycles. The van der Waals surface area contributed by atoms with Gasteiger partial charge in [0.2, 0.25) is 5.88 Å². The second-order valence-electron chi connectivity index (χ2n) is 7.65. The van der Waals surface area contributed by atoms with Gasteiger partial charge in [0, 0.05) is 48.1 Å². The summed E-state index contributed by atoms with van der Waals surface area (Å²) in [5.41, 5.74) is 1.54. The molecular formula is C22H21FN4O2S. The van der Waals surface area contributed by atoms with Crippen LogP contribution in [-0.4, -0.2) is 39.1 Å². The minimum atomic E-state index is -0.284. The second-order valence-corrected chi connectivity index (χ2v) is 8.50. The molecule has 5 rings (SSSR count). The van der Waals surface area contributed by atoms with Gasteiger partial charge in [-0.25, -0.2) is 19.2 Å². The standard InChI is InChI=1S/C22H21FN4O2S/c23-15-6-4-14(5-7-15)19-13-30-21(25-19)26-22(28)27-16-8-9-17(27)12-18(11-16)29-20-3-1-2-10-24-20/h1-7,10,13,16-18H,8-9,11-12H2,(H,25,26,28). The number of hydrogen-bond donors (Lipinski definition) is 1. The summed E-state index contributed by atoms with van der Waals surface area (Å²) in [4.78, 5) is 23.7. The molecule has 2 aliphatic heterocycles. The van der Waals surface area contributed by atoms with E-state index in [2.05, 4.69) is 15.3 Å². The summed E-state index contributed by atoms with van der Waals surface area (Å²) in [5, 5.41) is 5.36. The Kier molecular flexibility index (Phi) is 5.08. The summed E-state index contributed by atoms with van der Waals surface area (Å²) in [6.07, 6.45) is 5.38. The van der Waals surface area contributed by atoms with E-state index in [0.29, 0.717) is 11.0 Å². The lowest BCUT2D eigenvalue weighted by molar-refractivity contribution is 0.0704. The number of thiazole rings is 1. The number of urea groups is 1. The van der Waals surface area contributed by atoms with Crippen molar-refractivity contribution < 1.29 is 13.9 Å². The van der Waals surface area contributed by atoms with Crippen molar-refractivity contribution in [3.8, 4) is 17.1 Å². The van der Waals surface area contributed by atoms with Crippen molar-refractivity contribution in [2.24, 2.45) is 0 Å². The van der Waals surface area contributed by atoms with Crippen molar-refractivity contribution in [3.63, 3.8) is 0 Å². The highest BCUT2D eigenvalue weighted by molar-refractivity contribution is 7.14. The molecule has 2 amide bonds. The van der Waals surface area contributed by atoms with Crippen LogP contribution in [0.25, 0.3) is 11.3 Å². The number of piperidine rings is 1. The van der Waals surface area contributed by atoms with Crippen LogP contribution in [0.3, 0.4) is 0 Å². The number of fused-ring (bicyclic) bond motifs is 2. The normalized spacial score (nSPS) is 22.7. The molecule has 0 radical (unpaired) electrons. The van der Waals surface area contributed by atoms with E-state index >= 15 is 0 Å². The molecule has 3 aromatic rings.